The molecule has 0 atom stereocenters. The zero-order chi connectivity index (χ0) is 7.56. The Morgan fingerprint density at radius 1 is 1.70 bits per heavy atom. The van der Waals surface area contributed by atoms with Gasteiger partial charge in [-0.05, 0) is 28.7 Å². The molecule has 2 N–H and O–H groups in total. The minimum Gasteiger partial charge on any atom is -0.326 e. The van der Waals surface area contributed by atoms with E-state index in [1.165, 1.54) is 12.3 Å². The van der Waals surface area contributed by atoms with Crippen molar-refractivity contribution in [3.63, 3.8) is 0 Å². The van der Waals surface area contributed by atoms with E-state index < -0.39 is 0 Å². The van der Waals surface area contributed by atoms with Gasteiger partial charge in [0.2, 0.25) is 0 Å². The maximum Gasteiger partial charge on any atom is 0.131 e. The maximum atomic E-state index is 12.7. The van der Waals surface area contributed by atoms with Gasteiger partial charge in [-0.1, -0.05) is 0 Å². The molecule has 0 aliphatic carbocycles. The summed E-state index contributed by atoms with van der Waals surface area (Å²) in [5.74, 6) is -0.276. The minimum absolute atomic E-state index is 0.206. The number of aromatic nitrogens is 1. The van der Waals surface area contributed by atoms with E-state index in [-0.39, 0.29) is 12.4 Å². The highest BCUT2D eigenvalue weighted by molar-refractivity contribution is 14.1. The molecular weight excluding hydrogens is 246 g/mol. The van der Waals surface area contributed by atoms with E-state index in [2.05, 4.69) is 4.98 Å². The molecule has 0 amide bonds. The highest BCUT2D eigenvalue weighted by Gasteiger charge is 2.03. The van der Waals surface area contributed by atoms with Gasteiger partial charge >= 0.3 is 0 Å². The number of pyridine rings is 1. The Morgan fingerprint density at radius 3 is 2.80 bits per heavy atom. The van der Waals surface area contributed by atoms with Crippen molar-refractivity contribution in [1.82, 2.24) is 4.98 Å². The van der Waals surface area contributed by atoms with E-state index in [0.29, 0.717) is 9.26 Å². The Balaban J connectivity index is 3.17. The van der Waals surface area contributed by atoms with Gasteiger partial charge in [-0.25, -0.2) is 9.37 Å². The van der Waals surface area contributed by atoms with Crippen LogP contribution in [0, 0.1) is 9.52 Å². The Bertz CT molecular complexity index is 219. The predicted octanol–water partition coefficient (Wildman–Crippen LogP) is 1.28. The first kappa shape index (κ1) is 7.87. The number of nitrogens with two attached hydrogens (primary N) is 1. The van der Waals surface area contributed by atoms with Gasteiger partial charge in [-0.3, -0.25) is 0 Å². The molecule has 10 heavy (non-hydrogen) atoms. The second kappa shape index (κ2) is 3.25. The molecule has 4 heteroatoms. The van der Waals surface area contributed by atoms with Crippen molar-refractivity contribution in [2.75, 3.05) is 0 Å². The Hall–Kier alpha value is -0.230. The first-order valence-corrected chi connectivity index (χ1v) is 3.82. The van der Waals surface area contributed by atoms with Gasteiger partial charge < -0.3 is 5.73 Å². The highest BCUT2D eigenvalue weighted by atomic mass is 127. The number of rotatable bonds is 1. The molecular formula is C6H6FIN2. The van der Waals surface area contributed by atoms with Gasteiger partial charge in [0.1, 0.15) is 9.52 Å². The smallest absolute Gasteiger partial charge is 0.131 e. The zero-order valence-electron chi connectivity index (χ0n) is 5.14. The van der Waals surface area contributed by atoms with Crippen molar-refractivity contribution >= 4 is 22.6 Å². The van der Waals surface area contributed by atoms with Crippen molar-refractivity contribution < 1.29 is 4.39 Å². The van der Waals surface area contributed by atoms with Crippen LogP contribution in [-0.4, -0.2) is 4.98 Å². The van der Waals surface area contributed by atoms with Crippen LogP contribution >= 0.6 is 22.6 Å². The van der Waals surface area contributed by atoms with Gasteiger partial charge in [0.15, 0.2) is 0 Å². The van der Waals surface area contributed by atoms with Gasteiger partial charge in [0.25, 0.3) is 0 Å². The van der Waals surface area contributed by atoms with Crippen LogP contribution in [0.4, 0.5) is 4.39 Å². The summed E-state index contributed by atoms with van der Waals surface area (Å²) in [4.78, 5) is 3.88. The summed E-state index contributed by atoms with van der Waals surface area (Å²) < 4.78 is 13.4. The summed E-state index contributed by atoms with van der Waals surface area (Å²) in [6, 6.07) is 1.31. The van der Waals surface area contributed by atoms with Crippen molar-refractivity contribution in [2.45, 2.75) is 6.54 Å². The molecule has 0 unspecified atom stereocenters. The normalized spacial score (nSPS) is 9.90. The number of hydrogen-bond donors (Lipinski definition) is 1. The summed E-state index contributed by atoms with van der Waals surface area (Å²) in [6.07, 6.45) is 1.43. The van der Waals surface area contributed by atoms with Gasteiger partial charge in [0, 0.05) is 18.3 Å². The molecule has 0 aromatic carbocycles. The lowest BCUT2D eigenvalue weighted by Gasteiger charge is -1.99. The second-order valence-corrected chi connectivity index (χ2v) is 2.79. The van der Waals surface area contributed by atoms with E-state index in [4.69, 9.17) is 5.73 Å². The number of nitrogens with zero attached hydrogens (tertiary/aromatic N) is 1. The molecule has 54 valence electrons. The molecule has 1 rings (SSSR count). The van der Waals surface area contributed by atoms with Crippen LogP contribution < -0.4 is 5.73 Å². The molecule has 0 bridgehead atoms. The molecule has 0 aliphatic rings. The van der Waals surface area contributed by atoms with Crippen molar-refractivity contribution in [1.29, 1.82) is 0 Å². The van der Waals surface area contributed by atoms with Crippen LogP contribution in [0.5, 0.6) is 0 Å². The lowest BCUT2D eigenvalue weighted by atomic mass is 10.3. The quantitative estimate of drug-likeness (QED) is 0.604. The van der Waals surface area contributed by atoms with E-state index in [0.717, 1.165) is 0 Å². The SMILES string of the molecule is NCc1c(F)ccnc1I. The average Bonchev–Trinajstić information content (AvgIpc) is 1.88. The molecule has 0 spiro atoms. The third-order valence-electron chi connectivity index (χ3n) is 1.15. The summed E-state index contributed by atoms with van der Waals surface area (Å²) >= 11 is 1.95. The molecule has 1 aromatic rings. The molecule has 1 heterocycles. The van der Waals surface area contributed by atoms with Crippen LogP contribution in [-0.2, 0) is 6.54 Å². The van der Waals surface area contributed by atoms with Gasteiger partial charge in [-0.15, -0.1) is 0 Å². The average molecular weight is 252 g/mol. The van der Waals surface area contributed by atoms with Gasteiger partial charge in [-0.2, -0.15) is 0 Å². The fourth-order valence-corrected chi connectivity index (χ4v) is 1.27. The number of halogens is 2. The monoisotopic (exact) mass is 252 g/mol. The lowest BCUT2D eigenvalue weighted by Crippen LogP contribution is -2.03. The van der Waals surface area contributed by atoms with Crippen molar-refractivity contribution in [3.8, 4) is 0 Å². The van der Waals surface area contributed by atoms with Crippen LogP contribution in [0.3, 0.4) is 0 Å². The third-order valence-corrected chi connectivity index (χ3v) is 2.08. The predicted molar refractivity (Wildman–Crippen MR) is 44.8 cm³/mol. The van der Waals surface area contributed by atoms with Crippen molar-refractivity contribution in [2.24, 2.45) is 5.73 Å². The highest BCUT2D eigenvalue weighted by Crippen LogP contribution is 2.11. The summed E-state index contributed by atoms with van der Waals surface area (Å²) in [5.41, 5.74) is 5.76. The molecule has 0 saturated carbocycles. The van der Waals surface area contributed by atoms with Crippen LogP contribution in [0.15, 0.2) is 12.3 Å². The fraction of sp³-hybridized carbons (Fsp3) is 0.167. The fourth-order valence-electron chi connectivity index (χ4n) is 0.627. The molecule has 1 aromatic heterocycles. The second-order valence-electron chi connectivity index (χ2n) is 1.77. The van der Waals surface area contributed by atoms with Crippen LogP contribution in [0.1, 0.15) is 5.56 Å². The molecule has 2 nitrogen and oxygen atoms in total. The Labute approximate surface area is 71.8 Å². The first-order valence-electron chi connectivity index (χ1n) is 2.74. The van der Waals surface area contributed by atoms with E-state index in [1.807, 2.05) is 22.6 Å². The molecule has 0 fully saturated rings. The van der Waals surface area contributed by atoms with Gasteiger partial charge in [0.05, 0.1) is 0 Å². The molecule has 0 saturated heterocycles. The molecule has 0 aliphatic heterocycles. The van der Waals surface area contributed by atoms with E-state index in [9.17, 15) is 4.39 Å². The summed E-state index contributed by atoms with van der Waals surface area (Å²) in [6.45, 7) is 0.206. The largest absolute Gasteiger partial charge is 0.326 e. The van der Waals surface area contributed by atoms with Crippen LogP contribution in [0.2, 0.25) is 0 Å². The minimum atomic E-state index is -0.276. The molecule has 0 radical (unpaired) electrons. The van der Waals surface area contributed by atoms with E-state index >= 15 is 0 Å². The lowest BCUT2D eigenvalue weighted by molar-refractivity contribution is 0.605. The first-order chi connectivity index (χ1) is 4.75. The standard InChI is InChI=1S/C6H6FIN2/c7-5-1-2-10-6(8)4(5)3-9/h1-2H,3,9H2. The number of hydrogen-bond acceptors (Lipinski definition) is 2. The van der Waals surface area contributed by atoms with Crippen LogP contribution in [0.25, 0.3) is 0 Å². The Morgan fingerprint density at radius 2 is 2.40 bits per heavy atom. The Kier molecular flexibility index (Phi) is 2.56. The third kappa shape index (κ3) is 1.43. The zero-order valence-corrected chi connectivity index (χ0v) is 7.30. The summed E-state index contributed by atoms with van der Waals surface area (Å²) in [7, 11) is 0. The van der Waals surface area contributed by atoms with Crippen molar-refractivity contribution in [3.05, 3.63) is 27.3 Å². The topological polar surface area (TPSA) is 38.9 Å². The van der Waals surface area contributed by atoms with E-state index in [1.54, 1.807) is 0 Å². The summed E-state index contributed by atoms with van der Waals surface area (Å²) in [5, 5.41) is 0. The maximum absolute atomic E-state index is 12.7.